The highest BCUT2D eigenvalue weighted by Gasteiger charge is 2.32. The third kappa shape index (κ3) is 6.32. The Balaban J connectivity index is 1.77. The number of rotatable bonds is 14. The Morgan fingerprint density at radius 2 is 1.30 bits per heavy atom. The molecule has 0 N–H and O–H groups in total. The van der Waals surface area contributed by atoms with Gasteiger partial charge in [0.25, 0.3) is 0 Å². The molecule has 5 nitrogen and oxygen atoms in total. The van der Waals surface area contributed by atoms with Crippen LogP contribution in [0.1, 0.15) is 22.3 Å². The van der Waals surface area contributed by atoms with Crippen LogP contribution in [0.2, 0.25) is 0 Å². The first kappa shape index (κ1) is 26.3. The van der Waals surface area contributed by atoms with E-state index in [1.54, 1.807) is 4.26 Å². The van der Waals surface area contributed by atoms with Crippen LogP contribution in [0.4, 0.5) is 0 Å². The van der Waals surface area contributed by atoms with Crippen molar-refractivity contribution in [3.05, 3.63) is 140 Å². The molecule has 0 aliphatic carbocycles. The van der Waals surface area contributed by atoms with Crippen LogP contribution < -0.4 is 13.9 Å². The van der Waals surface area contributed by atoms with Crippen molar-refractivity contribution in [1.82, 2.24) is 8.76 Å². The molecule has 1 heterocycles. The van der Waals surface area contributed by atoms with Gasteiger partial charge in [0.1, 0.15) is 0 Å². The zero-order chi connectivity index (χ0) is 26.0. The van der Waals surface area contributed by atoms with Crippen molar-refractivity contribution in [3.63, 3.8) is 0 Å². The highest BCUT2D eigenvalue weighted by Crippen LogP contribution is 2.46. The molecule has 0 radical (unpaired) electrons. The Morgan fingerprint density at radius 1 is 0.730 bits per heavy atom. The Bertz CT molecular complexity index is 1380. The maximum atomic E-state index is 6.59. The third-order valence-corrected chi connectivity index (χ3v) is 9.24. The molecule has 7 heteroatoms. The Hall–Kier alpha value is -3.78. The molecule has 4 aromatic rings. The van der Waals surface area contributed by atoms with E-state index in [9.17, 15) is 0 Å². The van der Waals surface area contributed by atoms with Crippen molar-refractivity contribution in [2.45, 2.75) is 25.7 Å². The van der Waals surface area contributed by atoms with Crippen LogP contribution in [-0.4, -0.2) is 8.76 Å². The maximum Gasteiger partial charge on any atom is 0.429 e. The van der Waals surface area contributed by atoms with E-state index in [0.29, 0.717) is 12.2 Å². The molecular weight excluding hydrogens is 498 g/mol. The lowest BCUT2D eigenvalue weighted by Gasteiger charge is -2.20. The third-order valence-electron chi connectivity index (χ3n) is 5.61. The number of hydrogen-bond acceptors (Lipinski definition) is 4. The first-order chi connectivity index (χ1) is 18.2. The summed E-state index contributed by atoms with van der Waals surface area (Å²) in [4.78, 5) is 6.22. The van der Waals surface area contributed by atoms with Crippen LogP contribution in [-0.2, 0) is 25.7 Å². The lowest BCUT2D eigenvalue weighted by atomic mass is 9.88. The molecule has 37 heavy (non-hydrogen) atoms. The molecule has 4 rings (SSSR count). The van der Waals surface area contributed by atoms with Crippen molar-refractivity contribution in [2.24, 2.45) is 0 Å². The molecule has 188 valence electrons. The molecule has 0 aliphatic rings. The summed E-state index contributed by atoms with van der Waals surface area (Å²) in [5, 5.41) is 0. The molecule has 0 aliphatic heterocycles. The fourth-order valence-electron chi connectivity index (χ4n) is 4.02. The van der Waals surface area contributed by atoms with Gasteiger partial charge in [0.15, 0.2) is 17.2 Å². The van der Waals surface area contributed by atoms with Gasteiger partial charge >= 0.3 is 16.2 Å². The highest BCUT2D eigenvalue weighted by atomic mass is 31.2. The van der Waals surface area contributed by atoms with Crippen molar-refractivity contribution in [2.75, 3.05) is 0 Å². The molecule has 0 bridgehead atoms. The lowest BCUT2D eigenvalue weighted by Crippen LogP contribution is -2.13. The van der Waals surface area contributed by atoms with Crippen LogP contribution in [0.15, 0.2) is 117 Å². The quantitative estimate of drug-likeness (QED) is 0.154. The molecule has 1 aromatic heterocycles. The Kier molecular flexibility index (Phi) is 9.21. The van der Waals surface area contributed by atoms with Gasteiger partial charge in [-0.15, -0.1) is 26.3 Å². The van der Waals surface area contributed by atoms with E-state index < -0.39 is 16.2 Å². The van der Waals surface area contributed by atoms with Crippen molar-refractivity contribution in [1.29, 1.82) is 0 Å². The monoisotopic (exact) mass is 529 g/mol. The highest BCUT2D eigenvalue weighted by molar-refractivity contribution is 7.59. The minimum absolute atomic E-state index is 0.662. The van der Waals surface area contributed by atoms with Gasteiger partial charge in [-0.2, -0.15) is 0 Å². The summed E-state index contributed by atoms with van der Waals surface area (Å²) >= 11 is 0. The Labute approximate surface area is 221 Å². The van der Waals surface area contributed by atoms with Gasteiger partial charge in [-0.25, -0.2) is 0 Å². The van der Waals surface area contributed by atoms with Crippen LogP contribution in [0.25, 0.3) is 0 Å². The number of allylic oxidation sites excluding steroid dienone is 4. The van der Waals surface area contributed by atoms with Crippen LogP contribution in [0, 0.1) is 0 Å². The van der Waals surface area contributed by atoms with Crippen molar-refractivity contribution < 1.29 is 13.9 Å². The minimum Gasteiger partial charge on any atom is -0.357 e. The second kappa shape index (κ2) is 13.0. The summed E-state index contributed by atoms with van der Waals surface area (Å²) in [5.41, 5.74) is 4.67. The number of para-hydroxylation sites is 2. The number of nitrogens with zero attached hydrogens (tertiary/aromatic N) is 2. The van der Waals surface area contributed by atoms with Gasteiger partial charge in [0.05, 0.1) is 4.26 Å². The molecule has 0 saturated carbocycles. The smallest absolute Gasteiger partial charge is 0.357 e. The van der Waals surface area contributed by atoms with Gasteiger partial charge < -0.3 is 13.9 Å². The van der Waals surface area contributed by atoms with Crippen LogP contribution in [0.3, 0.4) is 0 Å². The Morgan fingerprint density at radius 3 is 1.92 bits per heavy atom. The van der Waals surface area contributed by atoms with Crippen molar-refractivity contribution in [3.8, 4) is 17.2 Å². The molecule has 0 amide bonds. The first-order valence-electron chi connectivity index (χ1n) is 12.0. The fourth-order valence-corrected chi connectivity index (χ4v) is 6.99. The maximum absolute atomic E-state index is 6.59. The largest absolute Gasteiger partial charge is 0.429 e. The number of benzene rings is 3. The zero-order valence-corrected chi connectivity index (χ0v) is 22.6. The van der Waals surface area contributed by atoms with E-state index in [2.05, 4.69) is 32.4 Å². The van der Waals surface area contributed by atoms with Crippen LogP contribution >= 0.6 is 16.2 Å². The second-order valence-electron chi connectivity index (χ2n) is 8.19. The summed E-state index contributed by atoms with van der Waals surface area (Å²) in [6.45, 7) is 15.9. The standard InChI is InChI=1S/C30H31N2O3P2/c1-5-15-24-23-30(29(18-8-4)28(17-7-3)27(24)16-6-2)35-37-31-36(34-26-21-13-10-14-22-26)32(37)33-25-19-11-9-12-20-25/h5-14,19-23H,1-4,15-18H2/q+1. The fraction of sp³-hybridized carbons (Fsp3) is 0.133. The molecule has 0 spiro atoms. The molecule has 3 aromatic carbocycles. The summed E-state index contributed by atoms with van der Waals surface area (Å²) in [7, 11) is -2.83. The van der Waals surface area contributed by atoms with Gasteiger partial charge in [-0.1, -0.05) is 60.7 Å². The second-order valence-corrected chi connectivity index (χ2v) is 11.3. The molecule has 2 atom stereocenters. The average molecular weight is 530 g/mol. The SMILES string of the molecule is C=CCc1cc(Op2n[p+](Oc3ccccc3)n2Oc2ccccc2)c(CC=C)c(CC=C)c1CC=C. The summed E-state index contributed by atoms with van der Waals surface area (Å²) < 4.78 is 19.3. The van der Waals surface area contributed by atoms with E-state index in [4.69, 9.17) is 18.4 Å². The van der Waals surface area contributed by atoms with E-state index in [-0.39, 0.29) is 0 Å². The summed E-state index contributed by atoms with van der Waals surface area (Å²) in [6, 6.07) is 21.3. The van der Waals surface area contributed by atoms with Crippen LogP contribution in [0.5, 0.6) is 17.2 Å². The average Bonchev–Trinajstić information content (AvgIpc) is 2.92. The van der Waals surface area contributed by atoms with E-state index in [0.717, 1.165) is 41.9 Å². The topological polar surface area (TPSA) is 45.5 Å². The lowest BCUT2D eigenvalue weighted by molar-refractivity contribution is 0.254. The van der Waals surface area contributed by atoms with E-state index in [1.165, 1.54) is 11.1 Å². The van der Waals surface area contributed by atoms with Gasteiger partial charge in [-0.05, 0) is 72.7 Å². The van der Waals surface area contributed by atoms with E-state index >= 15 is 0 Å². The van der Waals surface area contributed by atoms with Gasteiger partial charge in [0.2, 0.25) is 0 Å². The predicted molar refractivity (Wildman–Crippen MR) is 155 cm³/mol. The first-order valence-corrected chi connectivity index (χ1v) is 14.4. The van der Waals surface area contributed by atoms with Gasteiger partial charge in [0, 0.05) is 10.1 Å². The van der Waals surface area contributed by atoms with Gasteiger partial charge in [-0.3, -0.25) is 0 Å². The summed E-state index contributed by atoms with van der Waals surface area (Å²) in [6.07, 6.45) is 10.5. The number of aromatic nitrogens is 2. The van der Waals surface area contributed by atoms with E-state index in [1.807, 2.05) is 85.0 Å². The molecule has 0 saturated heterocycles. The molecular formula is C30H31N2O3P2+. The van der Waals surface area contributed by atoms with Crippen molar-refractivity contribution >= 4 is 16.2 Å². The minimum atomic E-state index is -1.45. The summed E-state index contributed by atoms with van der Waals surface area (Å²) in [5.74, 6) is 2.20. The number of hydrogen-bond donors (Lipinski definition) is 0. The zero-order valence-electron chi connectivity index (χ0n) is 20.8. The molecule has 2 unspecified atom stereocenters. The normalized spacial score (nSPS) is 11.5. The molecule has 0 fully saturated rings. The predicted octanol–water partition coefficient (Wildman–Crippen LogP) is 8.58.